The van der Waals surface area contributed by atoms with Gasteiger partial charge >= 0.3 is 6.18 Å². The Morgan fingerprint density at radius 1 is 1.26 bits per heavy atom. The number of hydrogen-bond donors (Lipinski definition) is 0. The predicted molar refractivity (Wildman–Crippen MR) is 81.7 cm³/mol. The van der Waals surface area contributed by atoms with Crippen molar-refractivity contribution < 1.29 is 17.9 Å². The summed E-state index contributed by atoms with van der Waals surface area (Å²) in [7, 11) is 0. The molecule has 1 spiro atoms. The number of fused-ring (bicyclic) bond motifs is 2. The van der Waals surface area contributed by atoms with E-state index in [1.165, 1.54) is 5.56 Å². The van der Waals surface area contributed by atoms with Crippen LogP contribution >= 0.6 is 11.3 Å². The van der Waals surface area contributed by atoms with Gasteiger partial charge in [0.1, 0.15) is 5.60 Å². The van der Waals surface area contributed by atoms with E-state index in [9.17, 15) is 13.2 Å². The van der Waals surface area contributed by atoms with E-state index >= 15 is 0 Å². The molecule has 1 aromatic carbocycles. The van der Waals surface area contributed by atoms with E-state index in [2.05, 4.69) is 17.1 Å². The van der Waals surface area contributed by atoms with Crippen molar-refractivity contribution in [1.82, 2.24) is 4.98 Å². The van der Waals surface area contributed by atoms with Crippen molar-refractivity contribution in [3.63, 3.8) is 0 Å². The Bertz CT molecular complexity index is 726. The molecule has 3 nitrogen and oxygen atoms in total. The third-order valence-electron chi connectivity index (χ3n) is 4.55. The second-order valence-electron chi connectivity index (χ2n) is 5.93. The van der Waals surface area contributed by atoms with Crippen molar-refractivity contribution in [2.75, 3.05) is 24.6 Å². The van der Waals surface area contributed by atoms with Gasteiger partial charge in [-0.2, -0.15) is 13.2 Å². The number of anilines is 1. The van der Waals surface area contributed by atoms with Crippen molar-refractivity contribution in [1.29, 1.82) is 0 Å². The highest BCUT2D eigenvalue weighted by atomic mass is 32.1. The minimum absolute atomic E-state index is 0.418. The molecular formula is C16H15F3N2OS. The summed E-state index contributed by atoms with van der Waals surface area (Å²) in [5, 5.41) is 1.50. The number of halogens is 3. The van der Waals surface area contributed by atoms with Gasteiger partial charge in [0, 0.05) is 11.9 Å². The molecule has 0 radical (unpaired) electrons. The van der Waals surface area contributed by atoms with E-state index in [0.29, 0.717) is 24.8 Å². The number of benzene rings is 1. The van der Waals surface area contributed by atoms with Crippen molar-refractivity contribution in [3.05, 3.63) is 46.5 Å². The number of ether oxygens (including phenoxy) is 1. The van der Waals surface area contributed by atoms with Gasteiger partial charge in [0.15, 0.2) is 10.8 Å². The van der Waals surface area contributed by atoms with Crippen molar-refractivity contribution in [2.24, 2.45) is 0 Å². The zero-order valence-electron chi connectivity index (χ0n) is 12.3. The van der Waals surface area contributed by atoms with Crippen LogP contribution in [0.5, 0.6) is 0 Å². The molecule has 2 heterocycles. The average Bonchev–Trinajstić information content (AvgIpc) is 3.14. The monoisotopic (exact) mass is 340 g/mol. The quantitative estimate of drug-likeness (QED) is 0.789. The molecule has 0 amide bonds. The van der Waals surface area contributed by atoms with Gasteiger partial charge in [-0.3, -0.25) is 0 Å². The molecule has 1 saturated heterocycles. The Labute approximate surface area is 135 Å². The first-order valence-corrected chi connectivity index (χ1v) is 8.36. The van der Waals surface area contributed by atoms with E-state index in [1.54, 1.807) is 0 Å². The van der Waals surface area contributed by atoms with Gasteiger partial charge in [0.05, 0.1) is 13.2 Å². The standard InChI is InChI=1S/C16H15F3N2OS/c17-16(18,19)13-9-23-14(20-13)21-7-8-22-15(10-21)6-5-11-3-1-2-4-12(11)15/h1-4,9H,5-8,10H2. The van der Waals surface area contributed by atoms with Crippen molar-refractivity contribution in [3.8, 4) is 0 Å². The summed E-state index contributed by atoms with van der Waals surface area (Å²) in [5.41, 5.74) is 1.20. The van der Waals surface area contributed by atoms with Gasteiger partial charge < -0.3 is 9.64 Å². The van der Waals surface area contributed by atoms with Crippen LogP contribution in [-0.4, -0.2) is 24.7 Å². The van der Waals surface area contributed by atoms with Crippen molar-refractivity contribution >= 4 is 16.5 Å². The molecule has 0 bridgehead atoms. The molecule has 7 heteroatoms. The molecule has 1 aromatic heterocycles. The number of aromatic nitrogens is 1. The molecule has 4 rings (SSSR count). The molecule has 0 saturated carbocycles. The number of nitrogens with zero attached hydrogens (tertiary/aromatic N) is 2. The van der Waals surface area contributed by atoms with Crippen LogP contribution in [0.25, 0.3) is 0 Å². The van der Waals surface area contributed by atoms with Crippen LogP contribution in [-0.2, 0) is 22.9 Å². The van der Waals surface area contributed by atoms with E-state index in [-0.39, 0.29) is 0 Å². The van der Waals surface area contributed by atoms with Gasteiger partial charge in [-0.15, -0.1) is 11.3 Å². The Morgan fingerprint density at radius 2 is 2.09 bits per heavy atom. The average molecular weight is 340 g/mol. The van der Waals surface area contributed by atoms with E-state index < -0.39 is 17.5 Å². The van der Waals surface area contributed by atoms with Crippen LogP contribution in [0, 0.1) is 0 Å². The normalized spacial score (nSPS) is 24.2. The Hall–Kier alpha value is -1.60. The lowest BCUT2D eigenvalue weighted by Crippen LogP contribution is -2.49. The van der Waals surface area contributed by atoms with Crippen LogP contribution in [0.1, 0.15) is 23.2 Å². The van der Waals surface area contributed by atoms with Gasteiger partial charge in [0.25, 0.3) is 0 Å². The summed E-state index contributed by atoms with van der Waals surface area (Å²) in [6.07, 6.45) is -2.59. The first-order valence-electron chi connectivity index (χ1n) is 7.48. The van der Waals surface area contributed by atoms with Crippen LogP contribution < -0.4 is 4.90 Å². The van der Waals surface area contributed by atoms with Gasteiger partial charge in [-0.25, -0.2) is 4.98 Å². The maximum Gasteiger partial charge on any atom is 0.434 e. The van der Waals surface area contributed by atoms with Gasteiger partial charge in [-0.05, 0) is 24.0 Å². The highest BCUT2D eigenvalue weighted by Crippen LogP contribution is 2.43. The first-order chi connectivity index (χ1) is 11.0. The Balaban J connectivity index is 1.62. The third kappa shape index (κ3) is 2.52. The number of rotatable bonds is 1. The van der Waals surface area contributed by atoms with E-state index in [0.717, 1.165) is 35.1 Å². The fourth-order valence-corrected chi connectivity index (χ4v) is 4.31. The molecule has 1 fully saturated rings. The summed E-state index contributed by atoms with van der Waals surface area (Å²) in [4.78, 5) is 5.70. The highest BCUT2D eigenvalue weighted by molar-refractivity contribution is 7.13. The molecular weight excluding hydrogens is 325 g/mol. The molecule has 2 aromatic rings. The van der Waals surface area contributed by atoms with Crippen LogP contribution in [0.2, 0.25) is 0 Å². The lowest BCUT2D eigenvalue weighted by atomic mass is 9.94. The SMILES string of the molecule is FC(F)(F)c1csc(N2CCOC3(CCc4ccccc43)C2)n1. The largest absolute Gasteiger partial charge is 0.434 e. The smallest absolute Gasteiger partial charge is 0.367 e. The number of aryl methyl sites for hydroxylation is 1. The summed E-state index contributed by atoms with van der Waals surface area (Å²) < 4.78 is 44.4. The number of alkyl halides is 3. The first kappa shape index (κ1) is 15.0. The second kappa shape index (κ2) is 5.21. The summed E-state index contributed by atoms with van der Waals surface area (Å²) in [6, 6.07) is 8.15. The third-order valence-corrected chi connectivity index (χ3v) is 5.45. The molecule has 1 atom stereocenters. The van der Waals surface area contributed by atoms with Gasteiger partial charge in [0.2, 0.25) is 0 Å². The molecule has 23 heavy (non-hydrogen) atoms. The Morgan fingerprint density at radius 3 is 2.87 bits per heavy atom. The predicted octanol–water partition coefficient (Wildman–Crippen LogP) is 3.84. The van der Waals surface area contributed by atoms with E-state index in [4.69, 9.17) is 4.74 Å². The van der Waals surface area contributed by atoms with Gasteiger partial charge in [-0.1, -0.05) is 24.3 Å². The molecule has 1 aliphatic heterocycles. The molecule has 1 aliphatic carbocycles. The lowest BCUT2D eigenvalue weighted by molar-refractivity contribution is -0.140. The fourth-order valence-electron chi connectivity index (χ4n) is 3.46. The number of hydrogen-bond acceptors (Lipinski definition) is 4. The fraction of sp³-hybridized carbons (Fsp3) is 0.438. The molecule has 1 unspecified atom stereocenters. The minimum Gasteiger partial charge on any atom is -0.367 e. The summed E-state index contributed by atoms with van der Waals surface area (Å²) >= 11 is 1.05. The topological polar surface area (TPSA) is 25.4 Å². The minimum atomic E-state index is -4.39. The van der Waals surface area contributed by atoms with Crippen LogP contribution in [0.4, 0.5) is 18.3 Å². The highest BCUT2D eigenvalue weighted by Gasteiger charge is 2.44. The molecule has 0 N–H and O–H groups in total. The summed E-state index contributed by atoms with van der Waals surface area (Å²) in [6.45, 7) is 1.61. The zero-order chi connectivity index (χ0) is 16.1. The number of thiazole rings is 1. The van der Waals surface area contributed by atoms with Crippen molar-refractivity contribution in [2.45, 2.75) is 24.6 Å². The molecule has 122 valence electrons. The van der Waals surface area contributed by atoms with Crippen LogP contribution in [0.15, 0.2) is 29.6 Å². The maximum absolute atomic E-state index is 12.8. The summed E-state index contributed by atoms with van der Waals surface area (Å²) in [5.74, 6) is 0. The van der Waals surface area contributed by atoms with E-state index in [1.807, 2.05) is 17.0 Å². The van der Waals surface area contributed by atoms with Crippen LogP contribution in [0.3, 0.4) is 0 Å². The lowest BCUT2D eigenvalue weighted by Gasteiger charge is -2.41. The maximum atomic E-state index is 12.8. The Kier molecular flexibility index (Phi) is 3.39. The second-order valence-corrected chi connectivity index (χ2v) is 6.77. The molecule has 2 aliphatic rings. The zero-order valence-corrected chi connectivity index (χ0v) is 13.1. The number of morpholine rings is 1.